The number of halogens is 3. The summed E-state index contributed by atoms with van der Waals surface area (Å²) < 4.78 is 0. The number of nitrogens with zero attached hydrogens (tertiary/aromatic N) is 2. The van der Waals surface area contributed by atoms with Crippen molar-refractivity contribution in [2.75, 3.05) is 7.11 Å². The smallest absolute Gasteiger partial charge is 0.110 e. The van der Waals surface area contributed by atoms with Gasteiger partial charge in [-0.15, -0.1) is 0 Å². The van der Waals surface area contributed by atoms with Gasteiger partial charge in [0.1, 0.15) is 12.8 Å². The van der Waals surface area contributed by atoms with Crippen LogP contribution in [0.2, 0.25) is 10.0 Å². The van der Waals surface area contributed by atoms with Crippen LogP contribution >= 0.6 is 34.8 Å². The van der Waals surface area contributed by atoms with Crippen molar-refractivity contribution in [3.05, 3.63) is 98.5 Å². The summed E-state index contributed by atoms with van der Waals surface area (Å²) in [6.45, 7) is 0. The zero-order chi connectivity index (χ0) is 20.1. The minimum atomic E-state index is -0.696. The highest BCUT2D eigenvalue weighted by atomic mass is 35.5. The Balaban J connectivity index is 2.38. The average molecular weight is 430 g/mol. The van der Waals surface area contributed by atoms with Crippen LogP contribution < -0.4 is 0 Å². The predicted octanol–water partition coefficient (Wildman–Crippen LogP) is 6.75. The van der Waals surface area contributed by atoms with Gasteiger partial charge in [0.2, 0.25) is 0 Å². The molecule has 140 valence electrons. The van der Waals surface area contributed by atoms with E-state index in [9.17, 15) is 5.26 Å². The third-order valence-electron chi connectivity index (χ3n) is 4.24. The van der Waals surface area contributed by atoms with Crippen LogP contribution in [-0.4, -0.2) is 12.8 Å². The second-order valence-electron chi connectivity index (χ2n) is 5.91. The normalized spacial score (nSPS) is 17.7. The van der Waals surface area contributed by atoms with E-state index in [0.717, 1.165) is 0 Å². The maximum Gasteiger partial charge on any atom is 0.110 e. The van der Waals surface area contributed by atoms with E-state index >= 15 is 0 Å². The quantitative estimate of drug-likeness (QED) is 0.505. The van der Waals surface area contributed by atoms with Gasteiger partial charge in [0, 0.05) is 20.7 Å². The summed E-state index contributed by atoms with van der Waals surface area (Å²) in [7, 11) is 1.46. The first-order valence-electron chi connectivity index (χ1n) is 8.36. The maximum atomic E-state index is 10.1. The Morgan fingerprint density at radius 1 is 1.00 bits per heavy atom. The van der Waals surface area contributed by atoms with E-state index in [-0.39, 0.29) is 0 Å². The minimum Gasteiger partial charge on any atom is -0.399 e. The molecule has 1 atom stereocenters. The minimum absolute atomic E-state index is 0.492. The molecule has 2 aromatic rings. The Kier molecular flexibility index (Phi) is 6.59. The molecule has 0 fully saturated rings. The fourth-order valence-electron chi connectivity index (χ4n) is 3.04. The van der Waals surface area contributed by atoms with Gasteiger partial charge in [0.15, 0.2) is 0 Å². The molecular formula is C22H15Cl3N2O. The van der Waals surface area contributed by atoms with Crippen molar-refractivity contribution in [2.45, 2.75) is 5.92 Å². The van der Waals surface area contributed by atoms with E-state index in [1.54, 1.807) is 30.4 Å². The Morgan fingerprint density at radius 2 is 1.68 bits per heavy atom. The molecule has 0 heterocycles. The molecule has 0 spiro atoms. The molecule has 0 aliphatic heterocycles. The van der Waals surface area contributed by atoms with Gasteiger partial charge in [-0.05, 0) is 47.1 Å². The molecule has 0 bridgehead atoms. The first-order chi connectivity index (χ1) is 13.6. The van der Waals surface area contributed by atoms with Gasteiger partial charge < -0.3 is 4.84 Å². The van der Waals surface area contributed by atoms with Crippen molar-refractivity contribution < 1.29 is 4.84 Å². The lowest BCUT2D eigenvalue weighted by Crippen LogP contribution is -2.11. The van der Waals surface area contributed by atoms with Crippen LogP contribution in [0, 0.1) is 11.3 Å². The first kappa shape index (κ1) is 20.2. The molecule has 0 amide bonds. The molecule has 1 aliphatic carbocycles. The molecule has 0 N–H and O–H groups in total. The largest absolute Gasteiger partial charge is 0.399 e. The topological polar surface area (TPSA) is 45.4 Å². The molecular weight excluding hydrogens is 415 g/mol. The van der Waals surface area contributed by atoms with Crippen molar-refractivity contribution in [1.29, 1.82) is 5.26 Å². The Labute approximate surface area is 178 Å². The van der Waals surface area contributed by atoms with Gasteiger partial charge in [-0.1, -0.05) is 76.4 Å². The highest BCUT2D eigenvalue weighted by molar-refractivity contribution is 6.35. The standard InChI is InChI=1S/C22H15Cl3N2O/c1-28-27-21-11-10-14(23)12-17(21)22(16-7-3-5-9-20(16)25)18(13-26)15-6-2-4-8-19(15)24/h2-12,18H,1H3. The summed E-state index contributed by atoms with van der Waals surface area (Å²) in [5, 5.41) is 15.7. The van der Waals surface area contributed by atoms with E-state index in [2.05, 4.69) is 11.2 Å². The van der Waals surface area contributed by atoms with E-state index in [1.165, 1.54) is 7.11 Å². The molecule has 28 heavy (non-hydrogen) atoms. The van der Waals surface area contributed by atoms with Crippen LogP contribution in [0.4, 0.5) is 0 Å². The van der Waals surface area contributed by atoms with Gasteiger partial charge in [-0.25, -0.2) is 0 Å². The Bertz CT molecular complexity index is 1060. The van der Waals surface area contributed by atoms with Gasteiger partial charge >= 0.3 is 0 Å². The average Bonchev–Trinajstić information content (AvgIpc) is 2.69. The van der Waals surface area contributed by atoms with E-state index in [1.807, 2.05) is 36.4 Å². The fraction of sp³-hybridized carbons (Fsp3) is 0.0909. The van der Waals surface area contributed by atoms with Gasteiger partial charge in [0.05, 0.1) is 12.0 Å². The lowest BCUT2D eigenvalue weighted by atomic mass is 9.82. The van der Waals surface area contributed by atoms with Crippen LogP contribution in [0.1, 0.15) is 17.0 Å². The van der Waals surface area contributed by atoms with E-state index in [0.29, 0.717) is 43.1 Å². The number of oxime groups is 1. The Morgan fingerprint density at radius 3 is 2.32 bits per heavy atom. The molecule has 1 unspecified atom stereocenters. The van der Waals surface area contributed by atoms with E-state index < -0.39 is 5.92 Å². The molecule has 0 aromatic heterocycles. The summed E-state index contributed by atoms with van der Waals surface area (Å²) in [5.41, 5.74) is 3.21. The molecule has 0 saturated heterocycles. The molecule has 6 heteroatoms. The van der Waals surface area contributed by atoms with Crippen LogP contribution in [0.15, 0.2) is 82.5 Å². The van der Waals surface area contributed by atoms with Crippen molar-refractivity contribution in [3.8, 4) is 6.07 Å². The fourth-order valence-corrected chi connectivity index (χ4v) is 3.69. The molecule has 1 aliphatic rings. The molecule has 3 rings (SSSR count). The zero-order valence-electron chi connectivity index (χ0n) is 14.9. The molecule has 2 aromatic carbocycles. The second kappa shape index (κ2) is 9.12. The molecule has 3 nitrogen and oxygen atoms in total. The lowest BCUT2D eigenvalue weighted by Gasteiger charge is -2.22. The monoisotopic (exact) mass is 428 g/mol. The number of benzene rings is 2. The third kappa shape index (κ3) is 4.15. The van der Waals surface area contributed by atoms with Crippen molar-refractivity contribution in [3.63, 3.8) is 0 Å². The highest BCUT2D eigenvalue weighted by Crippen LogP contribution is 2.41. The number of hydrogen-bond donors (Lipinski definition) is 0. The first-order valence-corrected chi connectivity index (χ1v) is 9.50. The van der Waals surface area contributed by atoms with Crippen molar-refractivity contribution in [2.24, 2.45) is 5.16 Å². The van der Waals surface area contributed by atoms with Crippen LogP contribution in [0.3, 0.4) is 0 Å². The van der Waals surface area contributed by atoms with Gasteiger partial charge in [-0.3, -0.25) is 0 Å². The van der Waals surface area contributed by atoms with Crippen molar-refractivity contribution >= 4 is 46.1 Å². The van der Waals surface area contributed by atoms with Gasteiger partial charge in [0.25, 0.3) is 0 Å². The second-order valence-corrected chi connectivity index (χ2v) is 7.16. The molecule has 0 radical (unpaired) electrons. The lowest BCUT2D eigenvalue weighted by molar-refractivity contribution is 0.214. The summed E-state index contributed by atoms with van der Waals surface area (Å²) >= 11 is 19.2. The zero-order valence-corrected chi connectivity index (χ0v) is 17.1. The van der Waals surface area contributed by atoms with Crippen LogP contribution in [0.5, 0.6) is 0 Å². The summed E-state index contributed by atoms with van der Waals surface area (Å²) in [6.07, 6.45) is 5.20. The van der Waals surface area contributed by atoms with Crippen LogP contribution in [0.25, 0.3) is 5.57 Å². The third-order valence-corrected chi connectivity index (χ3v) is 5.15. The predicted molar refractivity (Wildman–Crippen MR) is 116 cm³/mol. The maximum absolute atomic E-state index is 10.1. The number of nitriles is 1. The number of rotatable bonds is 4. The summed E-state index contributed by atoms with van der Waals surface area (Å²) in [4.78, 5) is 4.99. The van der Waals surface area contributed by atoms with Crippen LogP contribution in [-0.2, 0) is 4.84 Å². The SMILES string of the molecule is CON=C1C=CC(Cl)=CC1=C(c1ccccc1Cl)C(C#N)c1ccccc1Cl. The molecule has 0 saturated carbocycles. The summed E-state index contributed by atoms with van der Waals surface area (Å²) in [5.74, 6) is -0.696. The highest BCUT2D eigenvalue weighted by Gasteiger charge is 2.27. The summed E-state index contributed by atoms with van der Waals surface area (Å²) in [6, 6.07) is 16.9. The number of allylic oxidation sites excluding steroid dienone is 6. The van der Waals surface area contributed by atoms with Crippen molar-refractivity contribution in [1.82, 2.24) is 0 Å². The van der Waals surface area contributed by atoms with Gasteiger partial charge in [-0.2, -0.15) is 5.26 Å². The van der Waals surface area contributed by atoms with E-state index in [4.69, 9.17) is 39.6 Å². The number of hydrogen-bond acceptors (Lipinski definition) is 3. The Hall–Kier alpha value is -2.51.